The van der Waals surface area contributed by atoms with Gasteiger partial charge in [0.25, 0.3) is 0 Å². The third-order valence-electron chi connectivity index (χ3n) is 3.35. The third kappa shape index (κ3) is 2.17. The molecule has 20 heavy (non-hydrogen) atoms. The SMILES string of the molecule is Cc1cc(-c2[nH]c(=O)[nH]c2-c2cc(C)sc2C)c(C)s1. The van der Waals surface area contributed by atoms with Crippen LogP contribution in [0.3, 0.4) is 0 Å². The topological polar surface area (TPSA) is 48.6 Å². The van der Waals surface area contributed by atoms with Gasteiger partial charge in [-0.05, 0) is 39.8 Å². The number of rotatable bonds is 2. The molecular weight excluding hydrogens is 288 g/mol. The molecule has 3 nitrogen and oxygen atoms in total. The summed E-state index contributed by atoms with van der Waals surface area (Å²) in [6, 6.07) is 4.27. The van der Waals surface area contributed by atoms with Crippen LogP contribution >= 0.6 is 22.7 Å². The fourth-order valence-corrected chi connectivity index (χ4v) is 4.41. The number of aromatic nitrogens is 2. The normalized spacial score (nSPS) is 11.2. The Labute approximate surface area is 125 Å². The van der Waals surface area contributed by atoms with Gasteiger partial charge in [0.05, 0.1) is 11.4 Å². The highest BCUT2D eigenvalue weighted by atomic mass is 32.1. The Balaban J connectivity index is 2.26. The van der Waals surface area contributed by atoms with Crippen molar-refractivity contribution in [2.75, 3.05) is 0 Å². The Bertz CT molecular complexity index is 766. The van der Waals surface area contributed by atoms with Crippen molar-refractivity contribution >= 4 is 22.7 Å². The lowest BCUT2D eigenvalue weighted by Crippen LogP contribution is -2.00. The van der Waals surface area contributed by atoms with Gasteiger partial charge in [-0.25, -0.2) is 4.79 Å². The van der Waals surface area contributed by atoms with E-state index in [9.17, 15) is 4.79 Å². The average molecular weight is 304 g/mol. The first kappa shape index (κ1) is 13.4. The number of nitrogens with one attached hydrogen (secondary N) is 2. The van der Waals surface area contributed by atoms with Crippen molar-refractivity contribution in [1.29, 1.82) is 0 Å². The number of aromatic amines is 2. The van der Waals surface area contributed by atoms with E-state index in [-0.39, 0.29) is 5.69 Å². The molecule has 0 spiro atoms. The van der Waals surface area contributed by atoms with Crippen LogP contribution in [0.2, 0.25) is 0 Å². The Morgan fingerprint density at radius 2 is 1.20 bits per heavy atom. The molecule has 0 unspecified atom stereocenters. The molecule has 0 saturated heterocycles. The molecule has 0 aliphatic heterocycles. The highest BCUT2D eigenvalue weighted by Crippen LogP contribution is 2.37. The van der Waals surface area contributed by atoms with Crippen LogP contribution in [0.4, 0.5) is 0 Å². The quantitative estimate of drug-likeness (QED) is 0.724. The smallest absolute Gasteiger partial charge is 0.305 e. The van der Waals surface area contributed by atoms with Gasteiger partial charge in [0.1, 0.15) is 0 Å². The molecule has 0 amide bonds. The minimum absolute atomic E-state index is 0.151. The lowest BCUT2D eigenvalue weighted by molar-refractivity contribution is 1.19. The van der Waals surface area contributed by atoms with Gasteiger partial charge in [0, 0.05) is 30.6 Å². The van der Waals surface area contributed by atoms with Crippen molar-refractivity contribution in [3.8, 4) is 22.5 Å². The predicted octanol–water partition coefficient (Wildman–Crippen LogP) is 4.39. The molecule has 0 saturated carbocycles. The Morgan fingerprint density at radius 1 is 0.800 bits per heavy atom. The molecule has 0 bridgehead atoms. The van der Waals surface area contributed by atoms with E-state index in [1.807, 2.05) is 0 Å². The summed E-state index contributed by atoms with van der Waals surface area (Å²) < 4.78 is 0. The van der Waals surface area contributed by atoms with Crippen LogP contribution in [0.5, 0.6) is 0 Å². The van der Waals surface area contributed by atoms with E-state index in [0.29, 0.717) is 0 Å². The molecule has 3 heterocycles. The minimum Gasteiger partial charge on any atom is -0.305 e. The first-order chi connectivity index (χ1) is 9.45. The van der Waals surface area contributed by atoms with Crippen LogP contribution in [-0.2, 0) is 0 Å². The second kappa shape index (κ2) is 4.75. The molecule has 3 aromatic rings. The monoisotopic (exact) mass is 304 g/mol. The van der Waals surface area contributed by atoms with E-state index in [1.165, 1.54) is 19.5 Å². The standard InChI is InChI=1S/C15H16N2OS2/c1-7-5-11(9(3)19-7)13-14(17-15(18)16-13)12-6-8(2)20-10(12)4/h5-6H,1-4H3,(H2,16,17,18). The van der Waals surface area contributed by atoms with Crippen molar-refractivity contribution in [3.05, 3.63) is 42.1 Å². The Kier molecular flexibility index (Phi) is 3.18. The maximum Gasteiger partial charge on any atom is 0.323 e. The van der Waals surface area contributed by atoms with Crippen LogP contribution < -0.4 is 5.69 Å². The molecule has 0 fully saturated rings. The molecule has 0 aliphatic rings. The zero-order valence-corrected chi connectivity index (χ0v) is 13.5. The average Bonchev–Trinajstić information content (AvgIpc) is 2.97. The summed E-state index contributed by atoms with van der Waals surface area (Å²) in [5.74, 6) is 0. The number of thiophene rings is 2. The summed E-state index contributed by atoms with van der Waals surface area (Å²) in [4.78, 5) is 22.6. The maximum atomic E-state index is 11.8. The molecule has 0 radical (unpaired) electrons. The van der Waals surface area contributed by atoms with Crippen LogP contribution in [0.1, 0.15) is 19.5 Å². The summed E-state index contributed by atoms with van der Waals surface area (Å²) in [6.07, 6.45) is 0. The lowest BCUT2D eigenvalue weighted by atomic mass is 10.1. The van der Waals surface area contributed by atoms with Crippen molar-refractivity contribution in [2.24, 2.45) is 0 Å². The minimum atomic E-state index is -0.151. The van der Waals surface area contributed by atoms with E-state index in [0.717, 1.165) is 22.5 Å². The summed E-state index contributed by atoms with van der Waals surface area (Å²) in [5, 5.41) is 0. The van der Waals surface area contributed by atoms with Gasteiger partial charge in [-0.2, -0.15) is 0 Å². The molecule has 0 aromatic carbocycles. The number of imidazole rings is 1. The fraction of sp³-hybridized carbons (Fsp3) is 0.267. The summed E-state index contributed by atoms with van der Waals surface area (Å²) in [7, 11) is 0. The van der Waals surface area contributed by atoms with Gasteiger partial charge in [0.2, 0.25) is 0 Å². The molecule has 3 aromatic heterocycles. The lowest BCUT2D eigenvalue weighted by Gasteiger charge is -2.02. The number of aryl methyl sites for hydroxylation is 4. The molecule has 104 valence electrons. The first-order valence-electron chi connectivity index (χ1n) is 6.43. The largest absolute Gasteiger partial charge is 0.323 e. The number of hydrogen-bond donors (Lipinski definition) is 2. The van der Waals surface area contributed by atoms with Crippen molar-refractivity contribution in [2.45, 2.75) is 27.7 Å². The van der Waals surface area contributed by atoms with E-state index in [4.69, 9.17) is 0 Å². The Morgan fingerprint density at radius 3 is 1.50 bits per heavy atom. The molecule has 2 N–H and O–H groups in total. The van der Waals surface area contributed by atoms with Gasteiger partial charge in [0.15, 0.2) is 0 Å². The highest BCUT2D eigenvalue weighted by molar-refractivity contribution is 7.12. The predicted molar refractivity (Wildman–Crippen MR) is 87.0 cm³/mol. The van der Waals surface area contributed by atoms with E-state index < -0.39 is 0 Å². The first-order valence-corrected chi connectivity index (χ1v) is 8.06. The highest BCUT2D eigenvalue weighted by Gasteiger charge is 2.17. The van der Waals surface area contributed by atoms with Gasteiger partial charge in [-0.3, -0.25) is 0 Å². The van der Waals surface area contributed by atoms with Gasteiger partial charge in [-0.15, -0.1) is 22.7 Å². The van der Waals surface area contributed by atoms with Gasteiger partial charge in [-0.1, -0.05) is 0 Å². The van der Waals surface area contributed by atoms with Gasteiger partial charge < -0.3 is 9.97 Å². The number of H-pyrrole nitrogens is 2. The van der Waals surface area contributed by atoms with Crippen molar-refractivity contribution < 1.29 is 0 Å². The van der Waals surface area contributed by atoms with Crippen LogP contribution in [0.25, 0.3) is 22.5 Å². The van der Waals surface area contributed by atoms with Crippen LogP contribution in [0, 0.1) is 27.7 Å². The van der Waals surface area contributed by atoms with E-state index in [1.54, 1.807) is 22.7 Å². The molecule has 0 atom stereocenters. The van der Waals surface area contributed by atoms with Crippen LogP contribution in [0.15, 0.2) is 16.9 Å². The van der Waals surface area contributed by atoms with Gasteiger partial charge >= 0.3 is 5.69 Å². The van der Waals surface area contributed by atoms with E-state index >= 15 is 0 Å². The molecule has 0 aliphatic carbocycles. The zero-order valence-electron chi connectivity index (χ0n) is 11.9. The molecular formula is C15H16N2OS2. The van der Waals surface area contributed by atoms with Crippen LogP contribution in [-0.4, -0.2) is 9.97 Å². The second-order valence-corrected chi connectivity index (χ2v) is 7.90. The summed E-state index contributed by atoms with van der Waals surface area (Å²) >= 11 is 3.51. The zero-order chi connectivity index (χ0) is 14.4. The third-order valence-corrected chi connectivity index (χ3v) is 5.28. The molecule has 5 heteroatoms. The van der Waals surface area contributed by atoms with Crippen molar-refractivity contribution in [3.63, 3.8) is 0 Å². The van der Waals surface area contributed by atoms with E-state index in [2.05, 4.69) is 49.8 Å². The maximum absolute atomic E-state index is 11.8. The summed E-state index contributed by atoms with van der Waals surface area (Å²) in [5.41, 5.74) is 3.88. The Hall–Kier alpha value is -1.59. The molecule has 3 rings (SSSR count). The fourth-order valence-electron chi connectivity index (χ4n) is 2.55. The summed E-state index contributed by atoms with van der Waals surface area (Å²) in [6.45, 7) is 8.36. The van der Waals surface area contributed by atoms with Crippen molar-refractivity contribution in [1.82, 2.24) is 9.97 Å². The number of hydrogen-bond acceptors (Lipinski definition) is 3. The second-order valence-electron chi connectivity index (χ2n) is 4.98.